The predicted octanol–water partition coefficient (Wildman–Crippen LogP) is 2.16. The number of fused-ring (bicyclic) bond motifs is 1. The van der Waals surface area contributed by atoms with Crippen LogP contribution >= 0.6 is 0 Å². The Morgan fingerprint density at radius 3 is 2.28 bits per heavy atom. The first-order chi connectivity index (χ1) is 13.9. The molecule has 2 N–H and O–H groups in total. The van der Waals surface area contributed by atoms with E-state index in [0.29, 0.717) is 34.1 Å². The SMILES string of the molecule is COc1cc(OCC(N)=O)cc(OC)c1C=C1C(=O)c2ccccc2N1C(C)=O. The molecule has 8 heteroatoms. The molecule has 0 radical (unpaired) electrons. The highest BCUT2D eigenvalue weighted by atomic mass is 16.5. The number of nitrogens with two attached hydrogens (primary N) is 1. The number of Topliss-reactive ketones (excluding diaryl/α,β-unsaturated/α-hetero) is 1. The molecule has 2 aromatic carbocycles. The van der Waals surface area contributed by atoms with Crippen molar-refractivity contribution in [2.75, 3.05) is 25.7 Å². The molecule has 1 aliphatic rings. The summed E-state index contributed by atoms with van der Waals surface area (Å²) in [6.07, 6.45) is 1.54. The van der Waals surface area contributed by atoms with Crippen molar-refractivity contribution >= 4 is 29.4 Å². The number of methoxy groups -OCH3 is 2. The van der Waals surface area contributed by atoms with Gasteiger partial charge in [0.05, 0.1) is 31.2 Å². The molecule has 1 aliphatic heterocycles. The molecule has 2 amide bonds. The van der Waals surface area contributed by atoms with Crippen LogP contribution in [0.15, 0.2) is 42.1 Å². The first kappa shape index (κ1) is 19.9. The quantitative estimate of drug-likeness (QED) is 0.750. The third-order valence-corrected chi connectivity index (χ3v) is 4.36. The van der Waals surface area contributed by atoms with Gasteiger partial charge in [0, 0.05) is 24.6 Å². The van der Waals surface area contributed by atoms with E-state index in [1.54, 1.807) is 42.5 Å². The number of hydrogen-bond donors (Lipinski definition) is 1. The molecule has 150 valence electrons. The summed E-state index contributed by atoms with van der Waals surface area (Å²) < 4.78 is 16.2. The summed E-state index contributed by atoms with van der Waals surface area (Å²) in [6.45, 7) is 1.08. The number of benzene rings is 2. The molecular weight excluding hydrogens is 376 g/mol. The van der Waals surface area contributed by atoms with Crippen molar-refractivity contribution in [3.63, 3.8) is 0 Å². The molecular formula is C21H20N2O6. The standard InChI is InChI=1S/C21H20N2O6/c1-12(24)23-16-7-5-4-6-14(16)21(26)17(23)10-15-18(27-2)8-13(9-19(15)28-3)29-11-20(22)25/h4-10H,11H2,1-3H3,(H2,22,25). The number of nitrogens with zero attached hydrogens (tertiary/aromatic N) is 1. The van der Waals surface area contributed by atoms with Crippen molar-refractivity contribution in [3.8, 4) is 17.2 Å². The Labute approximate surface area is 167 Å². The van der Waals surface area contributed by atoms with Crippen LogP contribution in [-0.2, 0) is 9.59 Å². The van der Waals surface area contributed by atoms with Gasteiger partial charge >= 0.3 is 0 Å². The van der Waals surface area contributed by atoms with E-state index >= 15 is 0 Å². The van der Waals surface area contributed by atoms with Gasteiger partial charge in [-0.1, -0.05) is 12.1 Å². The van der Waals surface area contributed by atoms with Gasteiger partial charge in [0.1, 0.15) is 17.2 Å². The molecule has 0 saturated heterocycles. The van der Waals surface area contributed by atoms with E-state index in [4.69, 9.17) is 19.9 Å². The Balaban J connectivity index is 2.12. The van der Waals surface area contributed by atoms with Crippen LogP contribution in [0.3, 0.4) is 0 Å². The summed E-state index contributed by atoms with van der Waals surface area (Å²) in [7, 11) is 2.89. The number of para-hydroxylation sites is 1. The van der Waals surface area contributed by atoms with Crippen molar-refractivity contribution in [1.29, 1.82) is 0 Å². The van der Waals surface area contributed by atoms with Gasteiger partial charge < -0.3 is 19.9 Å². The zero-order chi connectivity index (χ0) is 21.1. The molecule has 0 atom stereocenters. The second-order valence-corrected chi connectivity index (χ2v) is 6.23. The highest BCUT2D eigenvalue weighted by Crippen LogP contribution is 2.40. The van der Waals surface area contributed by atoms with Crippen LogP contribution in [0.2, 0.25) is 0 Å². The molecule has 2 aromatic rings. The third kappa shape index (κ3) is 3.77. The van der Waals surface area contributed by atoms with Crippen LogP contribution in [0.4, 0.5) is 5.69 Å². The minimum atomic E-state index is -0.624. The van der Waals surface area contributed by atoms with E-state index in [1.807, 2.05) is 0 Å². The van der Waals surface area contributed by atoms with Crippen LogP contribution in [0.25, 0.3) is 6.08 Å². The summed E-state index contributed by atoms with van der Waals surface area (Å²) in [5, 5.41) is 0. The topological polar surface area (TPSA) is 108 Å². The lowest BCUT2D eigenvalue weighted by molar-refractivity contribution is -0.120. The van der Waals surface area contributed by atoms with Crippen LogP contribution in [0.5, 0.6) is 17.2 Å². The molecule has 0 unspecified atom stereocenters. The number of anilines is 1. The van der Waals surface area contributed by atoms with Gasteiger partial charge in [0.2, 0.25) is 11.7 Å². The normalized spacial score (nSPS) is 14.0. The van der Waals surface area contributed by atoms with Gasteiger partial charge in [-0.15, -0.1) is 0 Å². The Kier molecular flexibility index (Phi) is 5.54. The van der Waals surface area contributed by atoms with Gasteiger partial charge in [0.25, 0.3) is 5.91 Å². The third-order valence-electron chi connectivity index (χ3n) is 4.36. The predicted molar refractivity (Wildman–Crippen MR) is 106 cm³/mol. The summed E-state index contributed by atoms with van der Waals surface area (Å²) >= 11 is 0. The highest BCUT2D eigenvalue weighted by molar-refractivity contribution is 6.26. The smallest absolute Gasteiger partial charge is 0.255 e. The first-order valence-electron chi connectivity index (χ1n) is 8.70. The minimum absolute atomic E-state index is 0.182. The van der Waals surface area contributed by atoms with E-state index < -0.39 is 5.91 Å². The summed E-state index contributed by atoms with van der Waals surface area (Å²) in [4.78, 5) is 37.5. The number of carbonyl (C=O) groups excluding carboxylic acids is 3. The lowest BCUT2D eigenvalue weighted by atomic mass is 10.1. The van der Waals surface area contributed by atoms with Crippen LogP contribution in [-0.4, -0.2) is 38.4 Å². The number of amides is 2. The largest absolute Gasteiger partial charge is 0.496 e. The Morgan fingerprint density at radius 2 is 1.72 bits per heavy atom. The zero-order valence-electron chi connectivity index (χ0n) is 16.2. The highest BCUT2D eigenvalue weighted by Gasteiger charge is 2.35. The van der Waals surface area contributed by atoms with E-state index in [0.717, 1.165) is 0 Å². The summed E-state index contributed by atoms with van der Waals surface area (Å²) in [6, 6.07) is 9.97. The lowest BCUT2D eigenvalue weighted by Crippen LogP contribution is -2.25. The Morgan fingerprint density at radius 1 is 1.10 bits per heavy atom. The van der Waals surface area contributed by atoms with Gasteiger partial charge in [-0.25, -0.2) is 0 Å². The summed E-state index contributed by atoms with van der Waals surface area (Å²) in [5.74, 6) is -0.223. The van der Waals surface area contributed by atoms with Crippen molar-refractivity contribution in [3.05, 3.63) is 53.2 Å². The van der Waals surface area contributed by atoms with Gasteiger partial charge in [-0.3, -0.25) is 19.3 Å². The van der Waals surface area contributed by atoms with Crippen LogP contribution < -0.4 is 24.8 Å². The maximum atomic E-state index is 12.9. The average molecular weight is 396 g/mol. The van der Waals surface area contributed by atoms with Crippen molar-refractivity contribution in [1.82, 2.24) is 0 Å². The second kappa shape index (κ2) is 8.05. The Hall–Kier alpha value is -3.81. The monoisotopic (exact) mass is 396 g/mol. The van der Waals surface area contributed by atoms with E-state index in [9.17, 15) is 14.4 Å². The zero-order valence-corrected chi connectivity index (χ0v) is 16.2. The number of hydrogen-bond acceptors (Lipinski definition) is 6. The number of primary amides is 1. The van der Waals surface area contributed by atoms with Crippen LogP contribution in [0, 0.1) is 0 Å². The lowest BCUT2D eigenvalue weighted by Gasteiger charge is -2.18. The molecule has 0 aromatic heterocycles. The average Bonchev–Trinajstić information content (AvgIpc) is 2.99. The molecule has 0 spiro atoms. The van der Waals surface area contributed by atoms with Gasteiger partial charge in [0.15, 0.2) is 6.61 Å². The molecule has 29 heavy (non-hydrogen) atoms. The molecule has 0 bridgehead atoms. The number of rotatable bonds is 6. The molecule has 8 nitrogen and oxygen atoms in total. The minimum Gasteiger partial charge on any atom is -0.496 e. The Bertz CT molecular complexity index is 1000. The number of ketones is 1. The molecule has 3 rings (SSSR count). The van der Waals surface area contributed by atoms with E-state index in [1.165, 1.54) is 26.0 Å². The van der Waals surface area contributed by atoms with Gasteiger partial charge in [-0.2, -0.15) is 0 Å². The van der Waals surface area contributed by atoms with E-state index in [-0.39, 0.29) is 24.0 Å². The molecule has 1 heterocycles. The number of ether oxygens (including phenoxy) is 3. The maximum absolute atomic E-state index is 12.9. The van der Waals surface area contributed by atoms with Gasteiger partial charge in [-0.05, 0) is 18.2 Å². The van der Waals surface area contributed by atoms with E-state index in [2.05, 4.69) is 0 Å². The van der Waals surface area contributed by atoms with Crippen molar-refractivity contribution in [2.24, 2.45) is 5.73 Å². The fourth-order valence-corrected chi connectivity index (χ4v) is 3.13. The number of carbonyl (C=O) groups is 3. The fraction of sp³-hybridized carbons (Fsp3) is 0.190. The molecule has 0 aliphatic carbocycles. The van der Waals surface area contributed by atoms with Crippen LogP contribution in [0.1, 0.15) is 22.8 Å². The first-order valence-corrected chi connectivity index (χ1v) is 8.70. The number of allylic oxidation sites excluding steroid dienone is 1. The fourth-order valence-electron chi connectivity index (χ4n) is 3.13. The van der Waals surface area contributed by atoms with Crippen molar-refractivity contribution < 1.29 is 28.6 Å². The van der Waals surface area contributed by atoms with Crippen molar-refractivity contribution in [2.45, 2.75) is 6.92 Å². The second-order valence-electron chi connectivity index (χ2n) is 6.23. The maximum Gasteiger partial charge on any atom is 0.255 e. The molecule has 0 fully saturated rings. The molecule has 0 saturated carbocycles. The summed E-state index contributed by atoms with van der Waals surface area (Å²) in [5.41, 5.74) is 6.70.